The summed E-state index contributed by atoms with van der Waals surface area (Å²) < 4.78 is 116. The Morgan fingerprint density at radius 3 is 1.18 bits per heavy atom. The molecule has 0 amide bonds. The minimum atomic E-state index is -4.97. The molecular weight excluding hydrogens is 549 g/mol. The molecule has 16 heteroatoms. The maximum atomic E-state index is 14.4. The topological polar surface area (TPSA) is 186 Å². The van der Waals surface area contributed by atoms with E-state index in [1.165, 1.54) is 18.2 Å². The first-order valence-corrected chi connectivity index (χ1v) is 14.4. The molecule has 0 aromatic heterocycles. The molecule has 34 heavy (non-hydrogen) atoms. The van der Waals surface area contributed by atoms with E-state index in [-0.39, 0.29) is 75.0 Å². The molecule has 0 aliphatic carbocycles. The molecule has 0 heterocycles. The van der Waals surface area contributed by atoms with Crippen molar-refractivity contribution in [2.75, 3.05) is 0 Å². The van der Waals surface area contributed by atoms with E-state index in [4.69, 9.17) is 0 Å². The van der Waals surface area contributed by atoms with Gasteiger partial charge in [0.05, 0.1) is 14.7 Å². The molecule has 0 saturated carbocycles. The second-order valence-corrected chi connectivity index (χ2v) is 13.4. The van der Waals surface area contributed by atoms with Crippen LogP contribution in [-0.4, -0.2) is 38.9 Å². The Morgan fingerprint density at radius 1 is 0.588 bits per heavy atom. The third kappa shape index (κ3) is 6.88. The Hall–Kier alpha value is -0.380. The molecule has 170 valence electrons. The molecule has 0 aliphatic rings. The summed E-state index contributed by atoms with van der Waals surface area (Å²) in [4.78, 5) is -2.09. The van der Waals surface area contributed by atoms with Gasteiger partial charge in [0, 0.05) is 15.9 Å². The first kappa shape index (κ1) is 31.6. The fourth-order valence-corrected chi connectivity index (χ4v) is 7.52. The van der Waals surface area contributed by atoms with Crippen molar-refractivity contribution in [3.63, 3.8) is 0 Å². The first-order chi connectivity index (χ1) is 14.6. The molecule has 3 aromatic carbocycles. The van der Waals surface area contributed by atoms with Crippen LogP contribution in [0, 0.1) is 0 Å². The van der Waals surface area contributed by atoms with Crippen molar-refractivity contribution in [3.05, 3.63) is 72.8 Å². The van der Waals surface area contributed by atoms with E-state index >= 15 is 0 Å². The van der Waals surface area contributed by atoms with E-state index in [0.717, 1.165) is 54.6 Å². The minimum Gasteiger partial charge on any atom is -0.744 e. The summed E-state index contributed by atoms with van der Waals surface area (Å²) in [6.07, 6.45) is 0. The smallest absolute Gasteiger partial charge is 0.744 e. The van der Waals surface area contributed by atoms with Crippen LogP contribution in [0.25, 0.3) is 0 Å². The summed E-state index contributed by atoms with van der Waals surface area (Å²) in [5.74, 6) is 0. The summed E-state index contributed by atoms with van der Waals surface area (Å²) in [6.45, 7) is 0. The van der Waals surface area contributed by atoms with Crippen molar-refractivity contribution in [2.24, 2.45) is 0 Å². The Morgan fingerprint density at radius 2 is 0.882 bits per heavy atom. The van der Waals surface area contributed by atoms with Gasteiger partial charge in [-0.05, 0) is 36.4 Å². The molecular formula is C18H13Na2O10PS3. The molecule has 0 bridgehead atoms. The molecule has 0 atom stereocenters. The average molecular weight is 562 g/mol. The molecule has 0 radical (unpaired) electrons. The number of benzene rings is 3. The van der Waals surface area contributed by atoms with Gasteiger partial charge in [0.15, 0.2) is 7.14 Å². The molecule has 0 spiro atoms. The molecule has 0 aliphatic heterocycles. The van der Waals surface area contributed by atoms with Gasteiger partial charge in [-0.15, -0.1) is 0 Å². The number of hydrogen-bond acceptors (Lipinski definition) is 9. The van der Waals surface area contributed by atoms with Crippen LogP contribution in [0.5, 0.6) is 0 Å². The summed E-state index contributed by atoms with van der Waals surface area (Å²) >= 11 is 0. The minimum absolute atomic E-state index is 0. The van der Waals surface area contributed by atoms with Crippen LogP contribution in [0.2, 0.25) is 0 Å². The van der Waals surface area contributed by atoms with E-state index < -0.39 is 52.2 Å². The summed E-state index contributed by atoms with van der Waals surface area (Å²) in [6, 6.07) is 12.5. The maximum Gasteiger partial charge on any atom is 1.00 e. The van der Waals surface area contributed by atoms with Gasteiger partial charge in [-0.25, -0.2) is 16.8 Å². The molecule has 0 fully saturated rings. The standard InChI is InChI=1S/C18H15O10PS3.2Na/c19-29(13-4-1-7-16(10-13)30(20,21)22,14-5-2-8-17(11-14)31(23,24)25)15-6-3-9-18(12-15)32(26,27)28;;/h1-12H,(H,20,21,22)(H,23,24,25)(H,26,27,28);;/q;2*+1/p-2. The molecule has 0 saturated heterocycles. The largest absolute Gasteiger partial charge is 1.00 e. The van der Waals surface area contributed by atoms with Crippen LogP contribution in [0.1, 0.15) is 0 Å². The SMILES string of the molecule is O=P(c1cccc(S(=O)(=O)[O-])c1)(c1cccc(S(=O)(=O)[O-])c1)c1cccc(S(=O)(=O)O)c1.[Na+].[Na+]. The van der Waals surface area contributed by atoms with Crippen LogP contribution >= 0.6 is 7.14 Å². The van der Waals surface area contributed by atoms with Gasteiger partial charge < -0.3 is 13.7 Å². The van der Waals surface area contributed by atoms with E-state index in [0.29, 0.717) is 0 Å². The average Bonchev–Trinajstić information content (AvgIpc) is 2.71. The van der Waals surface area contributed by atoms with E-state index in [1.807, 2.05) is 0 Å². The van der Waals surface area contributed by atoms with Gasteiger partial charge in [0.1, 0.15) is 20.2 Å². The van der Waals surface area contributed by atoms with Crippen molar-refractivity contribution in [1.82, 2.24) is 0 Å². The van der Waals surface area contributed by atoms with Crippen molar-refractivity contribution < 1.29 is 103 Å². The summed E-state index contributed by atoms with van der Waals surface area (Å²) in [5, 5.41) is -0.724. The molecule has 3 rings (SSSR count). The van der Waals surface area contributed by atoms with Crippen molar-refractivity contribution >= 4 is 53.4 Å². The van der Waals surface area contributed by atoms with Crippen LogP contribution in [0.15, 0.2) is 87.5 Å². The molecule has 3 aromatic rings. The zero-order chi connectivity index (χ0) is 23.9. The van der Waals surface area contributed by atoms with Crippen LogP contribution < -0.4 is 75.0 Å². The maximum absolute atomic E-state index is 14.4. The Labute approximate surface area is 241 Å². The molecule has 1 N–H and O–H groups in total. The monoisotopic (exact) mass is 562 g/mol. The van der Waals surface area contributed by atoms with E-state index in [1.54, 1.807) is 0 Å². The van der Waals surface area contributed by atoms with Crippen molar-refractivity contribution in [2.45, 2.75) is 14.7 Å². The van der Waals surface area contributed by atoms with E-state index in [2.05, 4.69) is 0 Å². The number of hydrogen-bond donors (Lipinski definition) is 1. The third-order valence-electron chi connectivity index (χ3n) is 4.42. The zero-order valence-electron chi connectivity index (χ0n) is 17.7. The predicted octanol–water partition coefficient (Wildman–Crippen LogP) is -5.61. The van der Waals surface area contributed by atoms with Crippen molar-refractivity contribution in [1.29, 1.82) is 0 Å². The fourth-order valence-electron chi connectivity index (χ4n) is 2.96. The Kier molecular flexibility index (Phi) is 10.6. The van der Waals surface area contributed by atoms with E-state index in [9.17, 15) is 43.5 Å². The number of rotatable bonds is 6. The van der Waals surface area contributed by atoms with Crippen LogP contribution in [0.4, 0.5) is 0 Å². The predicted molar refractivity (Wildman–Crippen MR) is 112 cm³/mol. The zero-order valence-corrected chi connectivity index (χ0v) is 25.1. The second-order valence-electron chi connectivity index (χ2n) is 6.48. The van der Waals surface area contributed by atoms with Gasteiger partial charge in [0.2, 0.25) is 0 Å². The first-order valence-electron chi connectivity index (χ1n) is 8.45. The summed E-state index contributed by atoms with van der Waals surface area (Å²) in [7, 11) is -18.9. The quantitative estimate of drug-likeness (QED) is 0.173. The molecule has 10 nitrogen and oxygen atoms in total. The Balaban J connectivity index is 0.00000289. The van der Waals surface area contributed by atoms with Gasteiger partial charge in [0.25, 0.3) is 10.1 Å². The van der Waals surface area contributed by atoms with Gasteiger partial charge in [-0.1, -0.05) is 36.4 Å². The second kappa shape index (κ2) is 11.3. The van der Waals surface area contributed by atoms with Gasteiger partial charge >= 0.3 is 59.1 Å². The van der Waals surface area contributed by atoms with Gasteiger partial charge in [-0.2, -0.15) is 8.42 Å². The van der Waals surface area contributed by atoms with Crippen molar-refractivity contribution in [3.8, 4) is 0 Å². The third-order valence-corrected chi connectivity index (χ3v) is 9.95. The fraction of sp³-hybridized carbons (Fsp3) is 0. The Bertz CT molecular complexity index is 1400. The van der Waals surface area contributed by atoms with Gasteiger partial charge in [-0.3, -0.25) is 4.55 Å². The van der Waals surface area contributed by atoms with Crippen LogP contribution in [0.3, 0.4) is 0 Å². The van der Waals surface area contributed by atoms with Crippen LogP contribution in [-0.2, 0) is 34.9 Å². The molecule has 0 unspecified atom stereocenters. The normalized spacial score (nSPS) is 12.3. The summed E-state index contributed by atoms with van der Waals surface area (Å²) in [5.41, 5.74) is 0.